The number of carbonyl (C=O) groups is 1. The summed E-state index contributed by atoms with van der Waals surface area (Å²) >= 11 is 0. The van der Waals surface area contributed by atoms with Crippen LogP contribution in [0, 0.1) is 17.9 Å². The number of rotatable bonds is 5. The zero-order valence-corrected chi connectivity index (χ0v) is 14.2. The standard InChI is InChI=1S/C22H23O2/c1-16-13-19(15-20(14-16)24-2)22(23)21(17-9-5-3-6-10-17)18-11-7-4-8-12-18/h3-12,16,19,21H,13,15H2,1-2H3. The van der Waals surface area contributed by atoms with E-state index in [0.717, 1.165) is 23.3 Å². The van der Waals surface area contributed by atoms with Gasteiger partial charge < -0.3 is 4.74 Å². The fourth-order valence-corrected chi connectivity index (χ4v) is 3.53. The number of ether oxygens (including phenoxy) is 1. The van der Waals surface area contributed by atoms with E-state index < -0.39 is 0 Å². The predicted molar refractivity (Wildman–Crippen MR) is 95.4 cm³/mol. The first-order chi connectivity index (χ1) is 11.7. The maximum absolute atomic E-state index is 13.4. The van der Waals surface area contributed by atoms with Gasteiger partial charge in [0.25, 0.3) is 0 Å². The highest BCUT2D eigenvalue weighted by molar-refractivity contribution is 5.91. The van der Waals surface area contributed by atoms with E-state index >= 15 is 0 Å². The molecule has 0 saturated carbocycles. The van der Waals surface area contributed by atoms with Crippen molar-refractivity contribution in [2.45, 2.75) is 25.7 Å². The SMILES string of the molecule is COC1=[C]C(C)CC(C(=O)C(c2ccccc2)c2ccccc2)C1. The smallest absolute Gasteiger partial charge is 0.148 e. The van der Waals surface area contributed by atoms with Gasteiger partial charge in [0, 0.05) is 12.3 Å². The minimum Gasteiger partial charge on any atom is -0.501 e. The number of carbonyl (C=O) groups excluding carboxylic acids is 1. The number of ketones is 1. The lowest BCUT2D eigenvalue weighted by Crippen LogP contribution is -2.27. The highest BCUT2D eigenvalue weighted by Gasteiger charge is 2.33. The van der Waals surface area contributed by atoms with E-state index in [0.29, 0.717) is 6.42 Å². The van der Waals surface area contributed by atoms with Gasteiger partial charge in [-0.1, -0.05) is 67.6 Å². The van der Waals surface area contributed by atoms with Crippen LogP contribution in [0.5, 0.6) is 0 Å². The molecule has 0 fully saturated rings. The number of benzene rings is 2. The quantitative estimate of drug-likeness (QED) is 0.793. The summed E-state index contributed by atoms with van der Waals surface area (Å²) in [5, 5.41) is 0. The number of allylic oxidation sites excluding steroid dienone is 2. The molecule has 0 N–H and O–H groups in total. The summed E-state index contributed by atoms with van der Waals surface area (Å²) in [7, 11) is 1.66. The summed E-state index contributed by atoms with van der Waals surface area (Å²) in [6.07, 6.45) is 4.80. The van der Waals surface area contributed by atoms with Crippen molar-refractivity contribution in [3.63, 3.8) is 0 Å². The Morgan fingerprint density at radius 1 is 1.04 bits per heavy atom. The Labute approximate surface area is 144 Å². The first kappa shape index (κ1) is 16.5. The van der Waals surface area contributed by atoms with Crippen molar-refractivity contribution in [1.29, 1.82) is 0 Å². The molecule has 0 saturated heterocycles. The topological polar surface area (TPSA) is 26.3 Å². The molecule has 0 spiro atoms. The molecule has 2 heteroatoms. The summed E-state index contributed by atoms with van der Waals surface area (Å²) in [5.41, 5.74) is 2.11. The molecule has 1 radical (unpaired) electrons. The molecule has 2 unspecified atom stereocenters. The Morgan fingerprint density at radius 2 is 1.58 bits per heavy atom. The van der Waals surface area contributed by atoms with Gasteiger partial charge in [-0.15, -0.1) is 0 Å². The second-order valence-electron chi connectivity index (χ2n) is 6.47. The summed E-state index contributed by atoms with van der Waals surface area (Å²) in [5.74, 6) is 1.08. The first-order valence-electron chi connectivity index (χ1n) is 8.49. The molecular weight excluding hydrogens is 296 g/mol. The Bertz CT molecular complexity index is 664. The van der Waals surface area contributed by atoms with Crippen molar-refractivity contribution in [3.05, 3.63) is 83.6 Å². The van der Waals surface area contributed by atoms with Gasteiger partial charge in [-0.25, -0.2) is 0 Å². The van der Waals surface area contributed by atoms with E-state index in [2.05, 4.69) is 13.0 Å². The van der Waals surface area contributed by atoms with Crippen molar-refractivity contribution in [2.24, 2.45) is 11.8 Å². The summed E-state index contributed by atoms with van der Waals surface area (Å²) < 4.78 is 5.39. The molecule has 0 aromatic heterocycles. The molecule has 24 heavy (non-hydrogen) atoms. The summed E-state index contributed by atoms with van der Waals surface area (Å²) in [6, 6.07) is 20.1. The molecule has 1 aliphatic rings. The lowest BCUT2D eigenvalue weighted by Gasteiger charge is -2.28. The fourth-order valence-electron chi connectivity index (χ4n) is 3.53. The molecule has 0 heterocycles. The molecule has 123 valence electrons. The highest BCUT2D eigenvalue weighted by Crippen LogP contribution is 2.35. The predicted octanol–water partition coefficient (Wildman–Crippen LogP) is 4.77. The molecule has 1 aliphatic carbocycles. The van der Waals surface area contributed by atoms with Crippen LogP contribution in [0.1, 0.15) is 36.8 Å². The van der Waals surface area contributed by atoms with E-state index in [9.17, 15) is 4.79 Å². The Balaban J connectivity index is 1.94. The van der Waals surface area contributed by atoms with Crippen molar-refractivity contribution in [1.82, 2.24) is 0 Å². The number of hydrogen-bond donors (Lipinski definition) is 0. The normalized spacial score (nSPS) is 20.5. The number of Topliss-reactive ketones (excluding diaryl/α,β-unsaturated/α-hetero) is 1. The summed E-state index contributed by atoms with van der Waals surface area (Å²) in [6.45, 7) is 2.10. The minimum atomic E-state index is -0.221. The molecule has 0 aliphatic heterocycles. The van der Waals surface area contributed by atoms with Gasteiger partial charge in [-0.2, -0.15) is 0 Å². The fraction of sp³-hybridized carbons (Fsp3) is 0.318. The lowest BCUT2D eigenvalue weighted by molar-refractivity contribution is -0.124. The van der Waals surface area contributed by atoms with Crippen LogP contribution in [-0.2, 0) is 9.53 Å². The van der Waals surface area contributed by atoms with Gasteiger partial charge in [0.05, 0.1) is 13.0 Å². The van der Waals surface area contributed by atoms with Crippen LogP contribution in [0.2, 0.25) is 0 Å². The molecule has 2 nitrogen and oxygen atoms in total. The van der Waals surface area contributed by atoms with E-state index in [1.165, 1.54) is 0 Å². The zero-order valence-electron chi connectivity index (χ0n) is 14.2. The van der Waals surface area contributed by atoms with Crippen molar-refractivity contribution >= 4 is 5.78 Å². The molecule has 2 atom stereocenters. The van der Waals surface area contributed by atoms with Crippen LogP contribution in [0.15, 0.2) is 66.4 Å². The molecule has 0 amide bonds. The van der Waals surface area contributed by atoms with Gasteiger partial charge in [0.1, 0.15) is 11.5 Å². The Hall–Kier alpha value is -2.35. The van der Waals surface area contributed by atoms with Gasteiger partial charge in [0.2, 0.25) is 0 Å². The molecule has 3 rings (SSSR count). The van der Waals surface area contributed by atoms with Crippen molar-refractivity contribution < 1.29 is 9.53 Å². The van der Waals surface area contributed by atoms with Gasteiger partial charge in [-0.3, -0.25) is 4.79 Å². The second-order valence-corrected chi connectivity index (χ2v) is 6.47. The van der Waals surface area contributed by atoms with Crippen LogP contribution in [0.25, 0.3) is 0 Å². The highest BCUT2D eigenvalue weighted by atomic mass is 16.5. The van der Waals surface area contributed by atoms with Crippen molar-refractivity contribution in [3.8, 4) is 0 Å². The Morgan fingerprint density at radius 3 is 2.08 bits per heavy atom. The maximum atomic E-state index is 13.4. The zero-order chi connectivity index (χ0) is 16.9. The van der Waals surface area contributed by atoms with E-state index in [-0.39, 0.29) is 23.5 Å². The third kappa shape index (κ3) is 3.59. The average Bonchev–Trinajstić information content (AvgIpc) is 2.63. The van der Waals surface area contributed by atoms with E-state index in [4.69, 9.17) is 4.74 Å². The largest absolute Gasteiger partial charge is 0.501 e. The van der Waals surface area contributed by atoms with Gasteiger partial charge >= 0.3 is 0 Å². The molecule has 2 aromatic rings. The second kappa shape index (κ2) is 7.48. The van der Waals surface area contributed by atoms with E-state index in [1.54, 1.807) is 7.11 Å². The van der Waals surface area contributed by atoms with Crippen LogP contribution >= 0.6 is 0 Å². The molecule has 0 bridgehead atoms. The Kier molecular flexibility index (Phi) is 5.14. The average molecular weight is 319 g/mol. The third-order valence-electron chi connectivity index (χ3n) is 4.68. The van der Waals surface area contributed by atoms with Crippen LogP contribution in [0.4, 0.5) is 0 Å². The van der Waals surface area contributed by atoms with Gasteiger partial charge in [-0.05, 0) is 29.5 Å². The van der Waals surface area contributed by atoms with Gasteiger partial charge in [0.15, 0.2) is 0 Å². The van der Waals surface area contributed by atoms with E-state index in [1.807, 2.05) is 60.7 Å². The lowest BCUT2D eigenvalue weighted by atomic mass is 9.76. The van der Waals surface area contributed by atoms with Crippen LogP contribution in [0.3, 0.4) is 0 Å². The first-order valence-corrected chi connectivity index (χ1v) is 8.49. The number of methoxy groups -OCH3 is 1. The molecular formula is C22H23O2. The van der Waals surface area contributed by atoms with Crippen LogP contribution < -0.4 is 0 Å². The molecule has 2 aromatic carbocycles. The third-order valence-corrected chi connectivity index (χ3v) is 4.68. The maximum Gasteiger partial charge on any atom is 0.148 e. The van der Waals surface area contributed by atoms with Crippen LogP contribution in [-0.4, -0.2) is 12.9 Å². The number of hydrogen-bond acceptors (Lipinski definition) is 2. The monoisotopic (exact) mass is 319 g/mol. The van der Waals surface area contributed by atoms with Crippen molar-refractivity contribution in [2.75, 3.05) is 7.11 Å². The summed E-state index contributed by atoms with van der Waals surface area (Å²) in [4.78, 5) is 13.4. The minimum absolute atomic E-state index is 0.0263.